The van der Waals surface area contributed by atoms with E-state index in [1.165, 1.54) is 0 Å². The Morgan fingerprint density at radius 3 is 2.24 bits per heavy atom. The number of para-hydroxylation sites is 1. The van der Waals surface area contributed by atoms with E-state index in [9.17, 15) is 4.79 Å². The summed E-state index contributed by atoms with van der Waals surface area (Å²) < 4.78 is 16.3. The Morgan fingerprint density at radius 2 is 1.62 bits per heavy atom. The molecule has 174 valence electrons. The number of carbonyl (C=O) groups excluding carboxylic acids is 1. The minimum Gasteiger partial charge on any atom is -0.497 e. The third-order valence-electron chi connectivity index (χ3n) is 5.62. The van der Waals surface area contributed by atoms with Crippen LogP contribution in [0.3, 0.4) is 0 Å². The lowest BCUT2D eigenvalue weighted by Crippen LogP contribution is -2.38. The van der Waals surface area contributed by atoms with Gasteiger partial charge >= 0.3 is 5.97 Å². The Hall–Kier alpha value is -3.95. The van der Waals surface area contributed by atoms with Crippen LogP contribution in [0, 0.1) is 0 Å². The number of nitrogens with zero attached hydrogens (tertiary/aromatic N) is 1. The van der Waals surface area contributed by atoms with E-state index in [1.807, 2.05) is 66.7 Å². The van der Waals surface area contributed by atoms with E-state index < -0.39 is 11.8 Å². The minimum absolute atomic E-state index is 0.133. The Labute approximate surface area is 202 Å². The molecule has 4 N–H and O–H groups in total. The van der Waals surface area contributed by atoms with Gasteiger partial charge in [0, 0.05) is 11.5 Å². The molecular formula is C25H24N4O4S. The monoisotopic (exact) mass is 476 g/mol. The third kappa shape index (κ3) is 4.70. The van der Waals surface area contributed by atoms with Gasteiger partial charge in [0.15, 0.2) is 0 Å². The van der Waals surface area contributed by atoms with Crippen LogP contribution < -0.4 is 30.9 Å². The van der Waals surface area contributed by atoms with Crippen molar-refractivity contribution in [3.63, 3.8) is 0 Å². The van der Waals surface area contributed by atoms with Crippen molar-refractivity contribution in [2.45, 2.75) is 11.8 Å². The average Bonchev–Trinajstić information content (AvgIpc) is 3.21. The van der Waals surface area contributed by atoms with E-state index in [0.717, 1.165) is 16.7 Å². The van der Waals surface area contributed by atoms with Gasteiger partial charge < -0.3 is 14.2 Å². The van der Waals surface area contributed by atoms with E-state index in [-0.39, 0.29) is 11.1 Å². The van der Waals surface area contributed by atoms with Gasteiger partial charge in [0.25, 0.3) is 0 Å². The first-order valence-electron chi connectivity index (χ1n) is 10.5. The van der Waals surface area contributed by atoms with Crippen molar-refractivity contribution in [3.8, 4) is 17.2 Å². The molecule has 3 aromatic carbocycles. The number of benzene rings is 3. The molecule has 34 heavy (non-hydrogen) atoms. The lowest BCUT2D eigenvalue weighted by Gasteiger charge is -2.25. The maximum Gasteiger partial charge on any atom is 0.320 e. The van der Waals surface area contributed by atoms with Crippen LogP contribution in [0.1, 0.15) is 28.5 Å². The average molecular weight is 477 g/mol. The standard InChI is InChI=1S/C25H24N4O4S/c1-31-17-11-7-15(8-12-17)21(22-19-5-3-4-6-20(19)33-24(22)30)23(28-29-25(34)27-26)16-9-13-18(32-2)14-10-16/h3-14,21-22H,26H2,1-2H3,(H2,27,29,34)/b28-23+. The summed E-state index contributed by atoms with van der Waals surface area (Å²) >= 11 is 5.14. The highest BCUT2D eigenvalue weighted by atomic mass is 32.1. The van der Waals surface area contributed by atoms with Gasteiger partial charge in [-0.05, 0) is 65.8 Å². The maximum absolute atomic E-state index is 13.2. The number of rotatable bonds is 7. The van der Waals surface area contributed by atoms with Crippen molar-refractivity contribution < 1.29 is 19.0 Å². The highest BCUT2D eigenvalue weighted by molar-refractivity contribution is 7.80. The lowest BCUT2D eigenvalue weighted by molar-refractivity contribution is -0.134. The summed E-state index contributed by atoms with van der Waals surface area (Å²) in [7, 11) is 3.20. The molecule has 0 radical (unpaired) electrons. The molecule has 0 amide bonds. The summed E-state index contributed by atoms with van der Waals surface area (Å²) in [6.07, 6.45) is 0. The number of nitrogens with two attached hydrogens (primary N) is 1. The first kappa shape index (κ1) is 23.2. The van der Waals surface area contributed by atoms with E-state index in [2.05, 4.69) is 16.0 Å². The van der Waals surface area contributed by atoms with Gasteiger partial charge in [-0.2, -0.15) is 5.10 Å². The second-order valence-corrected chi connectivity index (χ2v) is 7.91. The van der Waals surface area contributed by atoms with E-state index in [1.54, 1.807) is 20.3 Å². The van der Waals surface area contributed by atoms with Crippen molar-refractivity contribution in [3.05, 3.63) is 89.5 Å². The minimum atomic E-state index is -0.633. The topological polar surface area (TPSA) is 107 Å². The van der Waals surface area contributed by atoms with Gasteiger partial charge in [0.1, 0.15) is 17.2 Å². The highest BCUT2D eigenvalue weighted by Crippen LogP contribution is 2.45. The molecule has 4 rings (SSSR count). The van der Waals surface area contributed by atoms with Gasteiger partial charge in [-0.15, -0.1) is 0 Å². The van der Waals surface area contributed by atoms with E-state index >= 15 is 0 Å². The predicted molar refractivity (Wildman–Crippen MR) is 133 cm³/mol. The number of hydrogen-bond acceptors (Lipinski definition) is 7. The zero-order valence-electron chi connectivity index (χ0n) is 18.6. The number of esters is 1. The smallest absolute Gasteiger partial charge is 0.320 e. The zero-order chi connectivity index (χ0) is 24.1. The molecule has 2 unspecified atom stereocenters. The highest BCUT2D eigenvalue weighted by Gasteiger charge is 2.42. The number of thiocarbonyl (C=S) groups is 1. The Balaban J connectivity index is 1.90. The first-order valence-corrected chi connectivity index (χ1v) is 10.9. The number of methoxy groups -OCH3 is 2. The lowest BCUT2D eigenvalue weighted by atomic mass is 9.77. The number of hydrazone groups is 1. The van der Waals surface area contributed by atoms with Crippen molar-refractivity contribution >= 4 is 29.0 Å². The van der Waals surface area contributed by atoms with Gasteiger partial charge in [-0.25, -0.2) is 5.84 Å². The molecule has 9 heteroatoms. The van der Waals surface area contributed by atoms with Crippen LogP contribution in [0.2, 0.25) is 0 Å². The Kier molecular flexibility index (Phi) is 7.05. The fraction of sp³-hybridized carbons (Fsp3) is 0.160. The zero-order valence-corrected chi connectivity index (χ0v) is 19.5. The third-order valence-corrected chi connectivity index (χ3v) is 5.83. The second-order valence-electron chi connectivity index (χ2n) is 7.50. The van der Waals surface area contributed by atoms with Crippen LogP contribution in [0.15, 0.2) is 77.9 Å². The van der Waals surface area contributed by atoms with E-state index in [0.29, 0.717) is 23.0 Å². The summed E-state index contributed by atoms with van der Waals surface area (Å²) in [6, 6.07) is 22.3. The molecule has 0 spiro atoms. The molecule has 0 saturated carbocycles. The van der Waals surface area contributed by atoms with Gasteiger partial charge in [-0.3, -0.25) is 15.6 Å². The number of hydrazine groups is 1. The summed E-state index contributed by atoms with van der Waals surface area (Å²) in [4.78, 5) is 13.2. The Bertz CT molecular complexity index is 1210. The van der Waals surface area contributed by atoms with Crippen molar-refractivity contribution in [1.82, 2.24) is 10.9 Å². The van der Waals surface area contributed by atoms with Gasteiger partial charge in [0.05, 0.1) is 25.8 Å². The molecule has 0 saturated heterocycles. The second kappa shape index (κ2) is 10.3. The molecule has 1 aliphatic rings. The maximum atomic E-state index is 13.2. The van der Waals surface area contributed by atoms with Crippen molar-refractivity contribution in [1.29, 1.82) is 0 Å². The molecule has 2 atom stereocenters. The fourth-order valence-electron chi connectivity index (χ4n) is 3.98. The molecule has 0 aromatic heterocycles. The molecule has 0 aliphatic carbocycles. The van der Waals surface area contributed by atoms with Gasteiger partial charge in [0.2, 0.25) is 5.11 Å². The number of nitrogens with one attached hydrogen (secondary N) is 2. The van der Waals surface area contributed by atoms with Crippen LogP contribution in [0.25, 0.3) is 0 Å². The van der Waals surface area contributed by atoms with Crippen LogP contribution in [-0.2, 0) is 4.79 Å². The van der Waals surface area contributed by atoms with E-state index in [4.69, 9.17) is 32.3 Å². The fourth-order valence-corrected chi connectivity index (χ4v) is 4.03. The number of ether oxygens (including phenoxy) is 3. The summed E-state index contributed by atoms with van der Waals surface area (Å²) in [6.45, 7) is 0. The van der Waals surface area contributed by atoms with Gasteiger partial charge in [-0.1, -0.05) is 30.3 Å². The summed E-state index contributed by atoms with van der Waals surface area (Å²) in [5.74, 6) is 5.87. The molecule has 0 fully saturated rings. The number of fused-ring (bicyclic) bond motifs is 1. The van der Waals surface area contributed by atoms with Crippen LogP contribution >= 0.6 is 12.2 Å². The summed E-state index contributed by atoms with van der Waals surface area (Å²) in [5, 5.41) is 4.73. The molecule has 3 aromatic rings. The van der Waals surface area contributed by atoms with Crippen LogP contribution in [0.5, 0.6) is 17.2 Å². The SMILES string of the molecule is COc1ccc(/C(=N\NC(=S)NN)C(c2ccc(OC)cc2)C2C(=O)Oc3ccccc32)cc1. The first-order chi connectivity index (χ1) is 16.5. The molecular weight excluding hydrogens is 452 g/mol. The number of carbonyl (C=O) groups is 1. The normalized spacial score (nSPS) is 15.7. The molecule has 8 nitrogen and oxygen atoms in total. The quantitative estimate of drug-likeness (QED) is 0.119. The largest absolute Gasteiger partial charge is 0.497 e. The molecule has 1 aliphatic heterocycles. The molecule has 1 heterocycles. The van der Waals surface area contributed by atoms with Crippen LogP contribution in [-0.4, -0.2) is 31.0 Å². The Morgan fingerprint density at radius 1 is 1.00 bits per heavy atom. The molecule has 0 bridgehead atoms. The summed E-state index contributed by atoms with van der Waals surface area (Å²) in [5.41, 5.74) is 8.11. The van der Waals surface area contributed by atoms with Crippen molar-refractivity contribution in [2.24, 2.45) is 10.9 Å². The van der Waals surface area contributed by atoms with Crippen molar-refractivity contribution in [2.75, 3.05) is 14.2 Å². The predicted octanol–water partition coefficient (Wildman–Crippen LogP) is 3.23. The number of hydrogen-bond donors (Lipinski definition) is 3. The van der Waals surface area contributed by atoms with Crippen LogP contribution in [0.4, 0.5) is 0 Å².